The molecule has 0 saturated heterocycles. The largest absolute Gasteiger partial charge is 0.395 e. The van der Waals surface area contributed by atoms with Crippen LogP contribution in [0.4, 0.5) is 5.82 Å². The maximum Gasteiger partial charge on any atom is 0.271 e. The quantitative estimate of drug-likeness (QED) is 0.768. The van der Waals surface area contributed by atoms with Crippen LogP contribution < -0.4 is 10.2 Å². The van der Waals surface area contributed by atoms with E-state index in [2.05, 4.69) is 15.5 Å². The molecule has 0 aliphatic rings. The number of amides is 1. The number of aliphatic hydroxyl groups is 1. The van der Waals surface area contributed by atoms with E-state index in [1.165, 1.54) is 0 Å². The summed E-state index contributed by atoms with van der Waals surface area (Å²) in [7, 11) is 0. The maximum atomic E-state index is 11.5. The highest BCUT2D eigenvalue weighted by Crippen LogP contribution is 2.12. The number of aromatic nitrogens is 2. The van der Waals surface area contributed by atoms with E-state index in [1.807, 2.05) is 25.7 Å². The van der Waals surface area contributed by atoms with E-state index >= 15 is 0 Å². The van der Waals surface area contributed by atoms with E-state index in [0.717, 1.165) is 0 Å². The molecule has 100 valence electrons. The molecule has 0 unspecified atom stereocenters. The third kappa shape index (κ3) is 3.66. The molecule has 1 heterocycles. The lowest BCUT2D eigenvalue weighted by Gasteiger charge is -2.26. The summed E-state index contributed by atoms with van der Waals surface area (Å²) in [6.45, 7) is 6.97. The molecular formula is C12H20N4O2. The van der Waals surface area contributed by atoms with Crippen LogP contribution in [0.1, 0.15) is 31.3 Å². The van der Waals surface area contributed by atoms with Gasteiger partial charge >= 0.3 is 0 Å². The van der Waals surface area contributed by atoms with Crippen LogP contribution in [0.15, 0.2) is 12.1 Å². The third-order valence-corrected chi connectivity index (χ3v) is 2.48. The van der Waals surface area contributed by atoms with E-state index in [1.54, 1.807) is 12.1 Å². The Morgan fingerprint density at radius 2 is 2.17 bits per heavy atom. The van der Waals surface area contributed by atoms with Gasteiger partial charge in [0.25, 0.3) is 5.91 Å². The Labute approximate surface area is 107 Å². The molecule has 6 heteroatoms. The van der Waals surface area contributed by atoms with Crippen LogP contribution in [0.2, 0.25) is 0 Å². The molecule has 0 bridgehead atoms. The molecule has 0 radical (unpaired) electrons. The van der Waals surface area contributed by atoms with Gasteiger partial charge in [-0.3, -0.25) is 4.79 Å². The van der Waals surface area contributed by atoms with Crippen molar-refractivity contribution in [1.82, 2.24) is 15.5 Å². The van der Waals surface area contributed by atoms with Gasteiger partial charge in [0.2, 0.25) is 0 Å². The lowest BCUT2D eigenvalue weighted by molar-refractivity contribution is 0.0950. The average Bonchev–Trinajstić information content (AvgIpc) is 2.36. The molecule has 0 spiro atoms. The number of rotatable bonds is 6. The fourth-order valence-corrected chi connectivity index (χ4v) is 1.60. The molecule has 6 nitrogen and oxygen atoms in total. The van der Waals surface area contributed by atoms with Gasteiger partial charge in [0.05, 0.1) is 6.61 Å². The number of hydrogen-bond acceptors (Lipinski definition) is 5. The normalized spacial score (nSPS) is 10.5. The highest BCUT2D eigenvalue weighted by molar-refractivity contribution is 5.92. The van der Waals surface area contributed by atoms with Gasteiger partial charge in [-0.2, -0.15) is 0 Å². The van der Waals surface area contributed by atoms with Crippen molar-refractivity contribution >= 4 is 11.7 Å². The first-order valence-corrected chi connectivity index (χ1v) is 6.09. The van der Waals surface area contributed by atoms with Crippen molar-refractivity contribution in [2.45, 2.75) is 26.8 Å². The van der Waals surface area contributed by atoms with Crippen LogP contribution in [0.3, 0.4) is 0 Å². The Hall–Kier alpha value is -1.69. The van der Waals surface area contributed by atoms with Crippen LogP contribution in [-0.2, 0) is 0 Å². The summed E-state index contributed by atoms with van der Waals surface area (Å²) in [4.78, 5) is 13.4. The first kappa shape index (κ1) is 14.4. The number of nitrogens with one attached hydrogen (secondary N) is 1. The van der Waals surface area contributed by atoms with Gasteiger partial charge in [-0.25, -0.2) is 0 Å². The zero-order chi connectivity index (χ0) is 13.5. The molecule has 1 rings (SSSR count). The highest BCUT2D eigenvalue weighted by Gasteiger charge is 2.13. The van der Waals surface area contributed by atoms with E-state index in [-0.39, 0.29) is 18.6 Å². The molecule has 0 fully saturated rings. The molecule has 0 saturated carbocycles. The predicted octanol–water partition coefficient (Wildman–Crippen LogP) is 0.433. The number of carbonyl (C=O) groups excluding carboxylic acids is 1. The summed E-state index contributed by atoms with van der Waals surface area (Å²) in [5.41, 5.74) is 0.299. The van der Waals surface area contributed by atoms with Crippen molar-refractivity contribution in [1.29, 1.82) is 0 Å². The number of nitrogens with zero attached hydrogens (tertiary/aromatic N) is 3. The van der Waals surface area contributed by atoms with Crippen molar-refractivity contribution in [2.24, 2.45) is 0 Å². The molecule has 0 aliphatic carbocycles. The molecule has 0 atom stereocenters. The molecular weight excluding hydrogens is 232 g/mol. The Kier molecular flexibility index (Phi) is 5.51. The number of carbonyl (C=O) groups is 1. The second-order valence-corrected chi connectivity index (χ2v) is 4.15. The zero-order valence-electron chi connectivity index (χ0n) is 11.1. The summed E-state index contributed by atoms with van der Waals surface area (Å²) in [6, 6.07) is 3.59. The van der Waals surface area contributed by atoms with Gasteiger partial charge < -0.3 is 15.3 Å². The first-order chi connectivity index (χ1) is 8.60. The molecule has 1 amide bonds. The second-order valence-electron chi connectivity index (χ2n) is 4.15. The van der Waals surface area contributed by atoms with Crippen molar-refractivity contribution in [2.75, 3.05) is 24.6 Å². The van der Waals surface area contributed by atoms with Crippen molar-refractivity contribution < 1.29 is 9.90 Å². The number of anilines is 1. The van der Waals surface area contributed by atoms with Gasteiger partial charge in [0, 0.05) is 19.1 Å². The van der Waals surface area contributed by atoms with Gasteiger partial charge in [-0.1, -0.05) is 0 Å². The second kappa shape index (κ2) is 6.90. The lowest BCUT2D eigenvalue weighted by atomic mass is 10.3. The fourth-order valence-electron chi connectivity index (χ4n) is 1.60. The minimum absolute atomic E-state index is 0.0535. The van der Waals surface area contributed by atoms with Crippen LogP contribution >= 0.6 is 0 Å². The molecule has 1 aromatic heterocycles. The predicted molar refractivity (Wildman–Crippen MR) is 69.6 cm³/mol. The first-order valence-electron chi connectivity index (χ1n) is 6.09. The Morgan fingerprint density at radius 3 is 2.61 bits per heavy atom. The molecule has 18 heavy (non-hydrogen) atoms. The highest BCUT2D eigenvalue weighted by atomic mass is 16.3. The SMILES string of the molecule is CCNC(=O)c1ccc(N(CCO)C(C)C)nn1. The Morgan fingerprint density at radius 1 is 1.44 bits per heavy atom. The molecule has 1 aromatic rings. The van der Waals surface area contributed by atoms with Crippen LogP contribution in [0.5, 0.6) is 0 Å². The smallest absolute Gasteiger partial charge is 0.271 e. The molecule has 0 aliphatic heterocycles. The Balaban J connectivity index is 2.83. The van der Waals surface area contributed by atoms with E-state index in [4.69, 9.17) is 5.11 Å². The number of hydrogen-bond donors (Lipinski definition) is 2. The van der Waals surface area contributed by atoms with Crippen molar-refractivity contribution in [3.63, 3.8) is 0 Å². The molecule has 0 aromatic carbocycles. The minimum atomic E-state index is -0.227. The summed E-state index contributed by atoms with van der Waals surface area (Å²) < 4.78 is 0. The number of aliphatic hydroxyl groups excluding tert-OH is 1. The molecule has 2 N–H and O–H groups in total. The average molecular weight is 252 g/mol. The summed E-state index contributed by atoms with van der Waals surface area (Å²) in [5, 5.41) is 19.6. The lowest BCUT2D eigenvalue weighted by Crippen LogP contribution is -2.34. The minimum Gasteiger partial charge on any atom is -0.395 e. The monoisotopic (exact) mass is 252 g/mol. The standard InChI is InChI=1S/C12H20N4O2/c1-4-13-12(18)10-5-6-11(15-14-10)16(7-8-17)9(2)3/h5-6,9,17H,4,7-8H2,1-3H3,(H,13,18). The topological polar surface area (TPSA) is 78.4 Å². The van der Waals surface area contributed by atoms with Gasteiger partial charge in [0.15, 0.2) is 11.5 Å². The maximum absolute atomic E-state index is 11.5. The Bertz CT molecular complexity index is 378. The van der Waals surface area contributed by atoms with E-state index in [0.29, 0.717) is 24.6 Å². The van der Waals surface area contributed by atoms with Gasteiger partial charge in [-0.15, -0.1) is 10.2 Å². The van der Waals surface area contributed by atoms with Gasteiger partial charge in [0.1, 0.15) is 0 Å². The van der Waals surface area contributed by atoms with Gasteiger partial charge in [-0.05, 0) is 32.9 Å². The van der Waals surface area contributed by atoms with E-state index < -0.39 is 0 Å². The van der Waals surface area contributed by atoms with Crippen LogP contribution in [0.25, 0.3) is 0 Å². The zero-order valence-corrected chi connectivity index (χ0v) is 11.1. The van der Waals surface area contributed by atoms with Crippen molar-refractivity contribution in [3.05, 3.63) is 17.8 Å². The summed E-state index contributed by atoms with van der Waals surface area (Å²) in [6.07, 6.45) is 0. The third-order valence-electron chi connectivity index (χ3n) is 2.48. The summed E-state index contributed by atoms with van der Waals surface area (Å²) in [5.74, 6) is 0.432. The summed E-state index contributed by atoms with van der Waals surface area (Å²) >= 11 is 0. The van der Waals surface area contributed by atoms with Crippen LogP contribution in [0, 0.1) is 0 Å². The van der Waals surface area contributed by atoms with E-state index in [9.17, 15) is 4.79 Å². The fraction of sp³-hybridized carbons (Fsp3) is 0.583. The van der Waals surface area contributed by atoms with Crippen LogP contribution in [-0.4, -0.2) is 46.9 Å². The van der Waals surface area contributed by atoms with Crippen molar-refractivity contribution in [3.8, 4) is 0 Å².